The van der Waals surface area contributed by atoms with Crippen LogP contribution >= 0.6 is 12.2 Å². The smallest absolute Gasteiger partial charge is 0.194 e. The maximum absolute atomic E-state index is 13.0. The largest absolute Gasteiger partial charge is 0.389 e. The topological polar surface area (TPSA) is 38.0 Å². The van der Waals surface area contributed by atoms with Gasteiger partial charge in [0.1, 0.15) is 4.99 Å². The van der Waals surface area contributed by atoms with Gasteiger partial charge in [-0.1, -0.05) is 12.2 Å². The van der Waals surface area contributed by atoms with Crippen molar-refractivity contribution in [3.63, 3.8) is 0 Å². The number of thiocarbonyl (C=S) groups is 1. The summed E-state index contributed by atoms with van der Waals surface area (Å²) in [6.07, 6.45) is 0. The third kappa shape index (κ3) is 3.03. The Morgan fingerprint density at radius 3 is 1.95 bits per heavy atom. The summed E-state index contributed by atoms with van der Waals surface area (Å²) in [4.78, 5) is 0.255. The van der Waals surface area contributed by atoms with Gasteiger partial charge in [-0.2, -0.15) is 0 Å². The number of anilines is 2. The van der Waals surface area contributed by atoms with Crippen LogP contribution in [-0.2, 0) is 0 Å². The van der Waals surface area contributed by atoms with Crippen LogP contribution in [0.1, 0.15) is 5.56 Å². The minimum absolute atomic E-state index is 0.111. The summed E-state index contributed by atoms with van der Waals surface area (Å²) in [6, 6.07) is 8.38. The molecule has 0 amide bonds. The van der Waals surface area contributed by atoms with E-state index in [1.807, 2.05) is 0 Å². The Bertz CT molecular complexity index is 603. The van der Waals surface area contributed by atoms with Gasteiger partial charge in [0, 0.05) is 29.1 Å². The molecule has 0 saturated heterocycles. The SMILES string of the molecule is NC(=S)c1ccc(Nc2cc(F)c(F)c(F)c2)cc1. The molecule has 0 spiro atoms. The van der Waals surface area contributed by atoms with Crippen molar-refractivity contribution in [1.82, 2.24) is 0 Å². The molecule has 0 bridgehead atoms. The molecule has 3 N–H and O–H groups in total. The number of hydrogen-bond donors (Lipinski definition) is 2. The zero-order valence-corrected chi connectivity index (χ0v) is 10.4. The molecule has 0 heterocycles. The highest BCUT2D eigenvalue weighted by Gasteiger charge is 2.10. The molecule has 0 aromatic heterocycles. The number of halogens is 3. The zero-order chi connectivity index (χ0) is 14.0. The van der Waals surface area contributed by atoms with E-state index in [0.717, 1.165) is 12.1 Å². The fourth-order valence-electron chi connectivity index (χ4n) is 1.51. The van der Waals surface area contributed by atoms with Crippen LogP contribution in [0.4, 0.5) is 24.5 Å². The van der Waals surface area contributed by atoms with Gasteiger partial charge in [0.25, 0.3) is 0 Å². The van der Waals surface area contributed by atoms with Crippen LogP contribution in [0.25, 0.3) is 0 Å². The van der Waals surface area contributed by atoms with Crippen LogP contribution in [0, 0.1) is 17.5 Å². The maximum Gasteiger partial charge on any atom is 0.194 e. The third-order valence-corrected chi connectivity index (χ3v) is 2.68. The van der Waals surface area contributed by atoms with Gasteiger partial charge in [-0.25, -0.2) is 13.2 Å². The molecule has 0 aliphatic heterocycles. The lowest BCUT2D eigenvalue weighted by Gasteiger charge is -2.08. The Morgan fingerprint density at radius 1 is 0.947 bits per heavy atom. The van der Waals surface area contributed by atoms with E-state index in [1.54, 1.807) is 24.3 Å². The molecule has 19 heavy (non-hydrogen) atoms. The summed E-state index contributed by atoms with van der Waals surface area (Å²) >= 11 is 4.80. The molecular formula is C13H9F3N2S. The fraction of sp³-hybridized carbons (Fsp3) is 0. The first-order chi connectivity index (χ1) is 8.97. The Morgan fingerprint density at radius 2 is 1.47 bits per heavy atom. The molecule has 0 fully saturated rings. The normalized spacial score (nSPS) is 10.3. The van der Waals surface area contributed by atoms with Gasteiger partial charge in [-0.05, 0) is 24.3 Å². The molecule has 98 valence electrons. The van der Waals surface area contributed by atoms with Crippen molar-refractivity contribution < 1.29 is 13.2 Å². The minimum atomic E-state index is -1.49. The molecule has 2 nitrogen and oxygen atoms in total. The van der Waals surface area contributed by atoms with Crippen LogP contribution < -0.4 is 11.1 Å². The van der Waals surface area contributed by atoms with Crippen LogP contribution in [0.5, 0.6) is 0 Å². The number of hydrogen-bond acceptors (Lipinski definition) is 2. The molecule has 0 radical (unpaired) electrons. The minimum Gasteiger partial charge on any atom is -0.389 e. The van der Waals surface area contributed by atoms with Crippen molar-refractivity contribution in [2.45, 2.75) is 0 Å². The van der Waals surface area contributed by atoms with Gasteiger partial charge >= 0.3 is 0 Å². The number of rotatable bonds is 3. The van der Waals surface area contributed by atoms with E-state index in [-0.39, 0.29) is 10.7 Å². The molecule has 0 atom stereocenters. The van der Waals surface area contributed by atoms with E-state index in [9.17, 15) is 13.2 Å². The van der Waals surface area contributed by atoms with Crippen molar-refractivity contribution in [2.75, 3.05) is 5.32 Å². The monoisotopic (exact) mass is 282 g/mol. The summed E-state index contributed by atoms with van der Waals surface area (Å²) in [5.41, 5.74) is 6.81. The van der Waals surface area contributed by atoms with Gasteiger partial charge in [0.05, 0.1) is 0 Å². The molecule has 0 aliphatic rings. The van der Waals surface area contributed by atoms with Gasteiger partial charge in [-0.3, -0.25) is 0 Å². The third-order valence-electron chi connectivity index (χ3n) is 2.44. The van der Waals surface area contributed by atoms with E-state index in [4.69, 9.17) is 18.0 Å². The number of nitrogens with two attached hydrogens (primary N) is 1. The fourth-order valence-corrected chi connectivity index (χ4v) is 1.65. The lowest BCUT2D eigenvalue weighted by atomic mass is 10.2. The molecule has 0 saturated carbocycles. The Balaban J connectivity index is 2.24. The first kappa shape index (κ1) is 13.4. The van der Waals surface area contributed by atoms with E-state index in [0.29, 0.717) is 11.3 Å². The van der Waals surface area contributed by atoms with Crippen molar-refractivity contribution in [1.29, 1.82) is 0 Å². The lowest BCUT2D eigenvalue weighted by Crippen LogP contribution is -2.08. The average molecular weight is 282 g/mol. The Hall–Kier alpha value is -2.08. The molecule has 0 aliphatic carbocycles. The van der Waals surface area contributed by atoms with Crippen LogP contribution in [0.15, 0.2) is 36.4 Å². The maximum atomic E-state index is 13.0. The highest BCUT2D eigenvalue weighted by molar-refractivity contribution is 7.80. The van der Waals surface area contributed by atoms with Gasteiger partial charge < -0.3 is 11.1 Å². The highest BCUT2D eigenvalue weighted by atomic mass is 32.1. The molecule has 2 rings (SSSR count). The predicted octanol–water partition coefficient (Wildman–Crippen LogP) is 3.48. The van der Waals surface area contributed by atoms with Gasteiger partial charge in [0.15, 0.2) is 17.5 Å². The quantitative estimate of drug-likeness (QED) is 0.668. The molecule has 2 aromatic carbocycles. The Labute approximate surface area is 113 Å². The molecule has 0 unspecified atom stereocenters. The van der Waals surface area contributed by atoms with E-state index in [1.165, 1.54) is 0 Å². The molecular weight excluding hydrogens is 273 g/mol. The highest BCUT2D eigenvalue weighted by Crippen LogP contribution is 2.21. The van der Waals surface area contributed by atoms with Crippen LogP contribution in [0.3, 0.4) is 0 Å². The second-order valence-corrected chi connectivity index (χ2v) is 4.26. The number of nitrogens with one attached hydrogen (secondary N) is 1. The van der Waals surface area contributed by atoms with Gasteiger partial charge in [-0.15, -0.1) is 0 Å². The van der Waals surface area contributed by atoms with Crippen molar-refractivity contribution in [3.8, 4) is 0 Å². The summed E-state index contributed by atoms with van der Waals surface area (Å²) in [6.45, 7) is 0. The first-order valence-corrected chi connectivity index (χ1v) is 5.69. The predicted molar refractivity (Wildman–Crippen MR) is 71.9 cm³/mol. The summed E-state index contributed by atoms with van der Waals surface area (Å²) < 4.78 is 38.8. The van der Waals surface area contributed by atoms with Crippen LogP contribution in [0.2, 0.25) is 0 Å². The van der Waals surface area contributed by atoms with E-state index >= 15 is 0 Å². The Kier molecular flexibility index (Phi) is 3.71. The van der Waals surface area contributed by atoms with E-state index in [2.05, 4.69) is 5.32 Å². The summed E-state index contributed by atoms with van der Waals surface area (Å²) in [5, 5.41) is 2.75. The average Bonchev–Trinajstić information content (AvgIpc) is 2.36. The molecule has 6 heteroatoms. The zero-order valence-electron chi connectivity index (χ0n) is 9.58. The standard InChI is InChI=1S/C13H9F3N2S/c14-10-5-9(6-11(15)12(10)16)18-8-3-1-7(2-4-8)13(17)19/h1-6,18H,(H2,17,19). The van der Waals surface area contributed by atoms with E-state index < -0.39 is 17.5 Å². The van der Waals surface area contributed by atoms with Crippen molar-refractivity contribution in [2.24, 2.45) is 5.73 Å². The lowest BCUT2D eigenvalue weighted by molar-refractivity contribution is 0.448. The van der Waals surface area contributed by atoms with Gasteiger partial charge in [0.2, 0.25) is 0 Å². The van der Waals surface area contributed by atoms with Crippen LogP contribution in [-0.4, -0.2) is 4.99 Å². The first-order valence-electron chi connectivity index (χ1n) is 5.29. The van der Waals surface area contributed by atoms with Crippen molar-refractivity contribution >= 4 is 28.6 Å². The molecule has 2 aromatic rings. The second-order valence-electron chi connectivity index (χ2n) is 3.82. The van der Waals surface area contributed by atoms with Crippen molar-refractivity contribution in [3.05, 3.63) is 59.4 Å². The number of benzene rings is 2. The summed E-state index contributed by atoms with van der Waals surface area (Å²) in [7, 11) is 0. The second kappa shape index (κ2) is 5.27. The summed E-state index contributed by atoms with van der Waals surface area (Å²) in [5.74, 6) is -3.99.